The van der Waals surface area contributed by atoms with Crippen molar-refractivity contribution in [2.45, 2.75) is 36.5 Å². The van der Waals surface area contributed by atoms with Crippen LogP contribution in [-0.4, -0.2) is 35.5 Å². The van der Waals surface area contributed by atoms with Crippen molar-refractivity contribution in [1.29, 1.82) is 0 Å². The number of carbonyl (C=O) groups is 1. The second-order valence-corrected chi connectivity index (χ2v) is 6.92. The number of pyridine rings is 1. The first-order valence-electron chi connectivity index (χ1n) is 8.20. The molecule has 24 heavy (non-hydrogen) atoms. The average molecular weight is 343 g/mol. The van der Waals surface area contributed by atoms with Crippen LogP contribution in [0.3, 0.4) is 0 Å². The van der Waals surface area contributed by atoms with E-state index in [-0.39, 0.29) is 12.1 Å². The van der Waals surface area contributed by atoms with Crippen molar-refractivity contribution in [2.24, 2.45) is 0 Å². The van der Waals surface area contributed by atoms with Gasteiger partial charge in [0.2, 0.25) is 0 Å². The van der Waals surface area contributed by atoms with Gasteiger partial charge in [0.05, 0.1) is 18.2 Å². The van der Waals surface area contributed by atoms with Gasteiger partial charge in [-0.05, 0) is 32.4 Å². The molecule has 2 atom stereocenters. The molecule has 1 aromatic heterocycles. The Labute approximate surface area is 146 Å². The zero-order chi connectivity index (χ0) is 16.9. The van der Waals surface area contributed by atoms with Crippen LogP contribution >= 0.6 is 11.8 Å². The number of para-hydroxylation sites is 1. The number of carbonyl (C=O) groups excluding carboxylic acids is 1. The normalized spacial score (nSPS) is 20.8. The fourth-order valence-corrected chi connectivity index (χ4v) is 4.09. The molecule has 0 spiro atoms. The second kappa shape index (κ2) is 7.81. The van der Waals surface area contributed by atoms with E-state index in [4.69, 9.17) is 9.47 Å². The van der Waals surface area contributed by atoms with Gasteiger partial charge in [-0.3, -0.25) is 4.98 Å². The minimum Gasteiger partial charge on any atom is -0.463 e. The zero-order valence-electron chi connectivity index (χ0n) is 13.9. The molecule has 2 aromatic rings. The first kappa shape index (κ1) is 17.0. The molecule has 0 radical (unpaired) electrons. The van der Waals surface area contributed by atoms with Crippen molar-refractivity contribution in [3.63, 3.8) is 0 Å². The van der Waals surface area contributed by atoms with Gasteiger partial charge in [-0.25, -0.2) is 4.79 Å². The lowest BCUT2D eigenvalue weighted by Crippen LogP contribution is -2.13. The lowest BCUT2D eigenvalue weighted by Gasteiger charge is -2.16. The quantitative estimate of drug-likeness (QED) is 0.605. The highest BCUT2D eigenvalue weighted by atomic mass is 32.2. The number of ether oxygens (including phenoxy) is 2. The summed E-state index contributed by atoms with van der Waals surface area (Å²) in [6.45, 7) is 5.09. The van der Waals surface area contributed by atoms with E-state index in [2.05, 4.69) is 18.0 Å². The minimum absolute atomic E-state index is 0.226. The van der Waals surface area contributed by atoms with Crippen molar-refractivity contribution >= 4 is 34.7 Å². The molecule has 5 heteroatoms. The molecule has 1 fully saturated rings. The lowest BCUT2D eigenvalue weighted by atomic mass is 10.1. The summed E-state index contributed by atoms with van der Waals surface area (Å²) in [5.74, 6) is -0.334. The second-order valence-electron chi connectivity index (χ2n) is 5.67. The van der Waals surface area contributed by atoms with Crippen molar-refractivity contribution < 1.29 is 14.3 Å². The van der Waals surface area contributed by atoms with Crippen LogP contribution in [0.4, 0.5) is 0 Å². The monoisotopic (exact) mass is 343 g/mol. The van der Waals surface area contributed by atoms with Crippen LogP contribution in [0.2, 0.25) is 0 Å². The third-order valence-electron chi connectivity index (χ3n) is 4.02. The molecular weight excluding hydrogens is 322 g/mol. The van der Waals surface area contributed by atoms with E-state index in [0.29, 0.717) is 11.9 Å². The van der Waals surface area contributed by atoms with E-state index < -0.39 is 0 Å². The molecule has 0 bridgehead atoms. The average Bonchev–Trinajstić information content (AvgIpc) is 2.99. The number of nitrogens with zero attached hydrogens (tertiary/aromatic N) is 1. The smallest absolute Gasteiger partial charge is 0.330 e. The molecule has 1 aliphatic rings. The van der Waals surface area contributed by atoms with Gasteiger partial charge in [0.25, 0.3) is 0 Å². The van der Waals surface area contributed by atoms with E-state index in [9.17, 15) is 4.79 Å². The number of hydrogen-bond acceptors (Lipinski definition) is 5. The van der Waals surface area contributed by atoms with Crippen molar-refractivity contribution in [3.8, 4) is 0 Å². The fourth-order valence-electron chi connectivity index (χ4n) is 2.75. The van der Waals surface area contributed by atoms with Gasteiger partial charge in [0.15, 0.2) is 0 Å². The maximum atomic E-state index is 11.6. The lowest BCUT2D eigenvalue weighted by molar-refractivity contribution is -0.137. The summed E-state index contributed by atoms with van der Waals surface area (Å²) in [5.41, 5.74) is 1.89. The van der Waals surface area contributed by atoms with Crippen LogP contribution in [0.5, 0.6) is 0 Å². The molecule has 3 rings (SSSR count). The molecule has 0 saturated carbocycles. The van der Waals surface area contributed by atoms with E-state index in [1.54, 1.807) is 13.0 Å². The topological polar surface area (TPSA) is 48.4 Å². The highest BCUT2D eigenvalue weighted by molar-refractivity contribution is 8.00. The standard InChI is InChI=1S/C19H21NO3S/c1-3-22-18(21)9-8-14-12-20-16-7-5-4-6-15(16)19(14)24-17-10-11-23-13(17)2/h4-9,12-13,17H,3,10-11H2,1-2H3. The summed E-state index contributed by atoms with van der Waals surface area (Å²) >= 11 is 1.81. The highest BCUT2D eigenvalue weighted by Crippen LogP contribution is 2.38. The highest BCUT2D eigenvalue weighted by Gasteiger charge is 2.26. The maximum absolute atomic E-state index is 11.6. The molecule has 0 amide bonds. The predicted molar refractivity (Wildman–Crippen MR) is 97.1 cm³/mol. The molecule has 4 nitrogen and oxygen atoms in total. The van der Waals surface area contributed by atoms with E-state index in [1.165, 1.54) is 6.08 Å². The van der Waals surface area contributed by atoms with Gasteiger partial charge in [0.1, 0.15) is 0 Å². The summed E-state index contributed by atoms with van der Waals surface area (Å²) in [7, 11) is 0. The molecule has 126 valence electrons. The summed E-state index contributed by atoms with van der Waals surface area (Å²) in [4.78, 5) is 17.3. The van der Waals surface area contributed by atoms with E-state index >= 15 is 0 Å². The number of rotatable bonds is 5. The van der Waals surface area contributed by atoms with Gasteiger partial charge in [0, 0.05) is 40.0 Å². The molecule has 1 saturated heterocycles. The molecule has 1 aromatic carbocycles. The van der Waals surface area contributed by atoms with Gasteiger partial charge in [-0.1, -0.05) is 18.2 Å². The maximum Gasteiger partial charge on any atom is 0.330 e. The van der Waals surface area contributed by atoms with E-state index in [1.807, 2.05) is 36.2 Å². The molecule has 2 unspecified atom stereocenters. The van der Waals surface area contributed by atoms with Crippen molar-refractivity contribution in [2.75, 3.05) is 13.2 Å². The van der Waals surface area contributed by atoms with E-state index in [0.717, 1.165) is 34.4 Å². The Morgan fingerprint density at radius 2 is 2.29 bits per heavy atom. The fraction of sp³-hybridized carbons (Fsp3) is 0.368. The molecule has 0 N–H and O–H groups in total. The number of fused-ring (bicyclic) bond motifs is 1. The van der Waals surface area contributed by atoms with Gasteiger partial charge in [-0.15, -0.1) is 11.8 Å². The molecular formula is C19H21NO3S. The zero-order valence-corrected chi connectivity index (χ0v) is 14.7. The predicted octanol–water partition coefficient (Wildman–Crippen LogP) is 4.08. The number of thioether (sulfide) groups is 1. The van der Waals surface area contributed by atoms with Crippen LogP contribution in [0.15, 0.2) is 41.4 Å². The van der Waals surface area contributed by atoms with Crippen molar-refractivity contribution in [1.82, 2.24) is 4.98 Å². The largest absolute Gasteiger partial charge is 0.463 e. The summed E-state index contributed by atoms with van der Waals surface area (Å²) in [5, 5.41) is 1.51. The first-order valence-corrected chi connectivity index (χ1v) is 9.08. The number of hydrogen-bond donors (Lipinski definition) is 0. The number of benzene rings is 1. The Hall–Kier alpha value is -1.85. The third kappa shape index (κ3) is 3.79. The SMILES string of the molecule is CCOC(=O)C=Cc1cnc2ccccc2c1SC1CCOC1C. The molecule has 1 aliphatic heterocycles. The van der Waals surface area contributed by atoms with Crippen molar-refractivity contribution in [3.05, 3.63) is 42.1 Å². The Morgan fingerprint density at radius 1 is 1.46 bits per heavy atom. The van der Waals surface area contributed by atoms with Gasteiger partial charge < -0.3 is 9.47 Å². The third-order valence-corrected chi connectivity index (χ3v) is 5.63. The summed E-state index contributed by atoms with van der Waals surface area (Å²) in [6.07, 6.45) is 6.34. The van der Waals surface area contributed by atoms with Crippen LogP contribution in [0.25, 0.3) is 17.0 Å². The first-order chi connectivity index (χ1) is 11.7. The Kier molecular flexibility index (Phi) is 5.53. The van der Waals surface area contributed by atoms with Crippen LogP contribution < -0.4 is 0 Å². The van der Waals surface area contributed by atoms with Crippen LogP contribution in [0, 0.1) is 0 Å². The Balaban J connectivity index is 1.97. The summed E-state index contributed by atoms with van der Waals surface area (Å²) < 4.78 is 10.7. The van der Waals surface area contributed by atoms with Crippen LogP contribution in [-0.2, 0) is 14.3 Å². The van der Waals surface area contributed by atoms with Gasteiger partial charge >= 0.3 is 5.97 Å². The Morgan fingerprint density at radius 3 is 3.04 bits per heavy atom. The minimum atomic E-state index is -0.334. The van der Waals surface area contributed by atoms with Gasteiger partial charge in [-0.2, -0.15) is 0 Å². The van der Waals surface area contributed by atoms with Crippen LogP contribution in [0.1, 0.15) is 25.8 Å². The number of aromatic nitrogens is 1. The molecule has 2 heterocycles. The summed E-state index contributed by atoms with van der Waals surface area (Å²) in [6, 6.07) is 8.08. The Bertz CT molecular complexity index is 759. The molecule has 0 aliphatic carbocycles. The number of esters is 1.